The van der Waals surface area contributed by atoms with Crippen molar-refractivity contribution in [3.8, 4) is 5.75 Å². The molecule has 2 aromatic rings. The fourth-order valence-corrected chi connectivity index (χ4v) is 2.13. The molecular formula is C19H21NO4. The predicted octanol–water partition coefficient (Wildman–Crippen LogP) is 3.12. The lowest BCUT2D eigenvalue weighted by atomic mass is 10.1. The summed E-state index contributed by atoms with van der Waals surface area (Å²) in [5.41, 5.74) is 2.47. The third-order valence-corrected chi connectivity index (χ3v) is 3.37. The van der Waals surface area contributed by atoms with Crippen molar-refractivity contribution in [2.45, 2.75) is 20.3 Å². The number of anilines is 1. The molecule has 1 N–H and O–H groups in total. The average Bonchev–Trinajstić information content (AvgIpc) is 2.57. The summed E-state index contributed by atoms with van der Waals surface area (Å²) >= 11 is 0. The van der Waals surface area contributed by atoms with E-state index in [1.165, 1.54) is 0 Å². The molecule has 0 fully saturated rings. The summed E-state index contributed by atoms with van der Waals surface area (Å²) in [5.74, 6) is -0.0457. The largest absolute Gasteiger partial charge is 0.494 e. The molecule has 126 valence electrons. The second-order valence-electron chi connectivity index (χ2n) is 5.28. The topological polar surface area (TPSA) is 64.6 Å². The first kappa shape index (κ1) is 17.5. The molecule has 5 nitrogen and oxygen atoms in total. The lowest BCUT2D eigenvalue weighted by molar-refractivity contribution is -0.146. The molecule has 0 aliphatic rings. The molecule has 0 aliphatic heterocycles. The normalized spacial score (nSPS) is 10.1. The number of para-hydroxylation sites is 1. The van der Waals surface area contributed by atoms with Gasteiger partial charge in [0.05, 0.1) is 13.0 Å². The minimum Gasteiger partial charge on any atom is -0.494 e. The maximum Gasteiger partial charge on any atom is 0.310 e. The Hall–Kier alpha value is -2.82. The van der Waals surface area contributed by atoms with Crippen LogP contribution in [-0.2, 0) is 20.7 Å². The van der Waals surface area contributed by atoms with E-state index < -0.39 is 5.97 Å². The van der Waals surface area contributed by atoms with Gasteiger partial charge in [0.2, 0.25) is 0 Å². The number of hydrogen-bond donors (Lipinski definition) is 1. The number of benzene rings is 2. The molecule has 0 saturated carbocycles. The summed E-state index contributed by atoms with van der Waals surface area (Å²) in [6, 6.07) is 14.6. The van der Waals surface area contributed by atoms with E-state index in [4.69, 9.17) is 9.47 Å². The Bertz CT molecular complexity index is 695. The highest BCUT2D eigenvalue weighted by molar-refractivity contribution is 5.93. The Morgan fingerprint density at radius 2 is 1.75 bits per heavy atom. The molecule has 0 aromatic heterocycles. The van der Waals surface area contributed by atoms with Crippen LogP contribution < -0.4 is 10.1 Å². The van der Waals surface area contributed by atoms with Gasteiger partial charge in [-0.2, -0.15) is 0 Å². The molecule has 0 radical (unpaired) electrons. The number of aryl methyl sites for hydroxylation is 1. The highest BCUT2D eigenvalue weighted by atomic mass is 16.5. The van der Waals surface area contributed by atoms with E-state index in [1.54, 1.807) is 30.3 Å². The minimum absolute atomic E-state index is 0.115. The van der Waals surface area contributed by atoms with E-state index in [2.05, 4.69) is 5.32 Å². The van der Waals surface area contributed by atoms with Crippen molar-refractivity contribution in [1.82, 2.24) is 0 Å². The molecule has 2 rings (SSSR count). The van der Waals surface area contributed by atoms with Gasteiger partial charge in [0.25, 0.3) is 5.91 Å². The number of esters is 1. The molecule has 1 amide bonds. The molecule has 0 spiro atoms. The van der Waals surface area contributed by atoms with Crippen molar-refractivity contribution in [2.24, 2.45) is 0 Å². The van der Waals surface area contributed by atoms with Gasteiger partial charge in [0.15, 0.2) is 6.61 Å². The zero-order valence-corrected chi connectivity index (χ0v) is 13.9. The maximum absolute atomic E-state index is 11.8. The van der Waals surface area contributed by atoms with Gasteiger partial charge in [-0.3, -0.25) is 9.59 Å². The third-order valence-electron chi connectivity index (χ3n) is 3.37. The molecule has 0 bridgehead atoms. The molecule has 0 aliphatic carbocycles. The summed E-state index contributed by atoms with van der Waals surface area (Å²) in [6.07, 6.45) is 0.115. The number of carbonyl (C=O) groups excluding carboxylic acids is 2. The SMILES string of the molecule is CCOc1ccc(CC(=O)OCC(=O)Nc2ccccc2C)cc1. The van der Waals surface area contributed by atoms with Crippen LogP contribution in [-0.4, -0.2) is 25.1 Å². The molecule has 0 unspecified atom stereocenters. The third kappa shape index (κ3) is 5.43. The van der Waals surface area contributed by atoms with Crippen molar-refractivity contribution in [3.05, 3.63) is 59.7 Å². The number of carbonyl (C=O) groups is 2. The van der Waals surface area contributed by atoms with Gasteiger partial charge >= 0.3 is 5.97 Å². The van der Waals surface area contributed by atoms with Crippen LogP contribution in [0.1, 0.15) is 18.1 Å². The van der Waals surface area contributed by atoms with Gasteiger partial charge < -0.3 is 14.8 Å². The Morgan fingerprint density at radius 3 is 2.42 bits per heavy atom. The van der Waals surface area contributed by atoms with Crippen molar-refractivity contribution >= 4 is 17.6 Å². The van der Waals surface area contributed by atoms with Crippen LogP contribution in [0.3, 0.4) is 0 Å². The van der Waals surface area contributed by atoms with Gasteiger partial charge in [-0.15, -0.1) is 0 Å². The first-order chi connectivity index (χ1) is 11.6. The van der Waals surface area contributed by atoms with Crippen LogP contribution in [0.2, 0.25) is 0 Å². The predicted molar refractivity (Wildman–Crippen MR) is 92.1 cm³/mol. The molecular weight excluding hydrogens is 306 g/mol. The molecule has 24 heavy (non-hydrogen) atoms. The van der Waals surface area contributed by atoms with Gasteiger partial charge in [-0.25, -0.2) is 0 Å². The average molecular weight is 327 g/mol. The van der Waals surface area contributed by atoms with Crippen LogP contribution in [0.15, 0.2) is 48.5 Å². The van der Waals surface area contributed by atoms with Crippen LogP contribution in [0.5, 0.6) is 5.75 Å². The highest BCUT2D eigenvalue weighted by Gasteiger charge is 2.10. The summed E-state index contributed by atoms with van der Waals surface area (Å²) in [5, 5.41) is 2.72. The van der Waals surface area contributed by atoms with Gasteiger partial charge in [-0.1, -0.05) is 30.3 Å². The van der Waals surface area contributed by atoms with Crippen LogP contribution >= 0.6 is 0 Å². The first-order valence-electron chi connectivity index (χ1n) is 7.81. The lowest BCUT2D eigenvalue weighted by Crippen LogP contribution is -2.22. The summed E-state index contributed by atoms with van der Waals surface area (Å²) in [7, 11) is 0. The van der Waals surface area contributed by atoms with E-state index >= 15 is 0 Å². The Kier molecular flexibility index (Phi) is 6.37. The number of hydrogen-bond acceptors (Lipinski definition) is 4. The van der Waals surface area contributed by atoms with E-state index in [-0.39, 0.29) is 18.9 Å². The number of ether oxygens (including phenoxy) is 2. The number of amides is 1. The zero-order chi connectivity index (χ0) is 17.4. The Morgan fingerprint density at radius 1 is 1.04 bits per heavy atom. The van der Waals surface area contributed by atoms with Crippen LogP contribution in [0.4, 0.5) is 5.69 Å². The summed E-state index contributed by atoms with van der Waals surface area (Å²) in [4.78, 5) is 23.6. The van der Waals surface area contributed by atoms with E-state index in [1.807, 2.05) is 32.0 Å². The van der Waals surface area contributed by atoms with Crippen LogP contribution in [0.25, 0.3) is 0 Å². The minimum atomic E-state index is -0.445. The van der Waals surface area contributed by atoms with Crippen molar-refractivity contribution in [3.63, 3.8) is 0 Å². The van der Waals surface area contributed by atoms with Gasteiger partial charge in [0.1, 0.15) is 5.75 Å². The number of nitrogens with one attached hydrogen (secondary N) is 1. The van der Waals surface area contributed by atoms with Gasteiger partial charge in [0, 0.05) is 5.69 Å². The quantitative estimate of drug-likeness (QED) is 0.794. The zero-order valence-electron chi connectivity index (χ0n) is 13.9. The highest BCUT2D eigenvalue weighted by Crippen LogP contribution is 2.14. The fraction of sp³-hybridized carbons (Fsp3) is 0.263. The second kappa shape index (κ2) is 8.72. The van der Waals surface area contributed by atoms with E-state index in [0.29, 0.717) is 12.3 Å². The first-order valence-corrected chi connectivity index (χ1v) is 7.81. The molecule has 0 heterocycles. The molecule has 2 aromatic carbocycles. The molecule has 5 heteroatoms. The lowest BCUT2D eigenvalue weighted by Gasteiger charge is -2.09. The monoisotopic (exact) mass is 327 g/mol. The maximum atomic E-state index is 11.8. The van der Waals surface area contributed by atoms with Crippen molar-refractivity contribution < 1.29 is 19.1 Å². The van der Waals surface area contributed by atoms with Gasteiger partial charge in [-0.05, 0) is 43.2 Å². The molecule has 0 atom stereocenters. The summed E-state index contributed by atoms with van der Waals surface area (Å²) < 4.78 is 10.4. The van der Waals surface area contributed by atoms with E-state index in [0.717, 1.165) is 16.9 Å². The summed E-state index contributed by atoms with van der Waals surface area (Å²) in [6.45, 7) is 4.10. The smallest absolute Gasteiger partial charge is 0.310 e. The Balaban J connectivity index is 1.78. The fourth-order valence-electron chi connectivity index (χ4n) is 2.13. The van der Waals surface area contributed by atoms with Crippen molar-refractivity contribution in [2.75, 3.05) is 18.5 Å². The molecule has 0 saturated heterocycles. The van der Waals surface area contributed by atoms with Crippen molar-refractivity contribution in [1.29, 1.82) is 0 Å². The standard InChI is InChI=1S/C19H21NO4/c1-3-23-16-10-8-15(9-11-16)12-19(22)24-13-18(21)20-17-7-5-4-6-14(17)2/h4-11H,3,12-13H2,1-2H3,(H,20,21). The Labute approximate surface area is 141 Å². The number of rotatable bonds is 7. The second-order valence-corrected chi connectivity index (χ2v) is 5.28. The van der Waals surface area contributed by atoms with Crippen LogP contribution in [0, 0.1) is 6.92 Å². The van der Waals surface area contributed by atoms with E-state index in [9.17, 15) is 9.59 Å².